The lowest BCUT2D eigenvalue weighted by Crippen LogP contribution is -2.32. The number of benzene rings is 1. The predicted octanol–water partition coefficient (Wildman–Crippen LogP) is 3.55. The van der Waals surface area contributed by atoms with Crippen molar-refractivity contribution >= 4 is 21.8 Å². The molecule has 2 aromatic rings. The van der Waals surface area contributed by atoms with Crippen molar-refractivity contribution < 1.29 is 4.79 Å². The smallest absolute Gasteiger partial charge is 0.255 e. The zero-order valence-electron chi connectivity index (χ0n) is 11.4. The van der Waals surface area contributed by atoms with Crippen LogP contribution in [0.5, 0.6) is 0 Å². The summed E-state index contributed by atoms with van der Waals surface area (Å²) in [5, 5.41) is 0. The molecule has 3 nitrogen and oxygen atoms in total. The summed E-state index contributed by atoms with van der Waals surface area (Å²) in [6, 6.07) is 13.8. The van der Waals surface area contributed by atoms with E-state index >= 15 is 0 Å². The van der Waals surface area contributed by atoms with Crippen LogP contribution in [0, 0.1) is 0 Å². The number of pyridine rings is 1. The van der Waals surface area contributed by atoms with E-state index in [1.54, 1.807) is 18.3 Å². The van der Waals surface area contributed by atoms with Crippen LogP contribution in [0.2, 0.25) is 0 Å². The molecule has 2 rings (SSSR count). The number of amides is 1. The topological polar surface area (TPSA) is 33.2 Å². The number of hydrogen-bond donors (Lipinski definition) is 0. The Morgan fingerprint density at radius 1 is 1.20 bits per heavy atom. The lowest BCUT2D eigenvalue weighted by Gasteiger charge is -2.20. The molecule has 4 heteroatoms. The van der Waals surface area contributed by atoms with Crippen molar-refractivity contribution in [2.24, 2.45) is 0 Å². The molecular weight excluding hydrogens is 316 g/mol. The molecule has 1 aromatic carbocycles. The fourth-order valence-electron chi connectivity index (χ4n) is 2.00. The highest BCUT2D eigenvalue weighted by Gasteiger charge is 2.14. The molecule has 1 amide bonds. The fraction of sp³-hybridized carbons (Fsp3) is 0.250. The van der Waals surface area contributed by atoms with Crippen LogP contribution in [-0.2, 0) is 6.42 Å². The van der Waals surface area contributed by atoms with Gasteiger partial charge in [-0.1, -0.05) is 30.3 Å². The lowest BCUT2D eigenvalue weighted by molar-refractivity contribution is 0.0765. The van der Waals surface area contributed by atoms with Gasteiger partial charge in [-0.3, -0.25) is 4.79 Å². The van der Waals surface area contributed by atoms with E-state index in [2.05, 4.69) is 33.0 Å². The van der Waals surface area contributed by atoms with E-state index in [0.29, 0.717) is 12.1 Å². The Kier molecular flexibility index (Phi) is 5.30. The molecule has 0 saturated carbocycles. The van der Waals surface area contributed by atoms with Crippen LogP contribution in [0.4, 0.5) is 0 Å². The number of nitrogens with zero attached hydrogens (tertiary/aromatic N) is 2. The molecule has 0 aliphatic heterocycles. The summed E-state index contributed by atoms with van der Waals surface area (Å²) >= 11 is 3.27. The largest absolute Gasteiger partial charge is 0.339 e. The molecule has 0 saturated heterocycles. The molecule has 0 spiro atoms. The highest BCUT2D eigenvalue weighted by Crippen LogP contribution is 2.10. The Balaban J connectivity index is 2.00. The van der Waals surface area contributed by atoms with Crippen LogP contribution in [0.1, 0.15) is 22.8 Å². The van der Waals surface area contributed by atoms with E-state index in [4.69, 9.17) is 0 Å². The van der Waals surface area contributed by atoms with Gasteiger partial charge in [0.25, 0.3) is 5.91 Å². The zero-order chi connectivity index (χ0) is 14.4. The van der Waals surface area contributed by atoms with Gasteiger partial charge in [-0.05, 0) is 47.0 Å². The highest BCUT2D eigenvalue weighted by molar-refractivity contribution is 9.10. The molecule has 0 atom stereocenters. The van der Waals surface area contributed by atoms with Crippen LogP contribution >= 0.6 is 15.9 Å². The molecule has 0 aliphatic carbocycles. The average molecular weight is 333 g/mol. The number of rotatable bonds is 5. The first-order valence-electron chi connectivity index (χ1n) is 6.65. The standard InChI is InChI=1S/C16H17BrN2O/c1-2-19(11-10-13-6-4-3-5-7-13)16(20)14-8-9-15(17)18-12-14/h3-9,12H,2,10-11H2,1H3. The second-order valence-corrected chi connectivity index (χ2v) is 5.30. The van der Waals surface area contributed by atoms with Gasteiger partial charge in [-0.25, -0.2) is 4.98 Å². The minimum absolute atomic E-state index is 0.0310. The number of aromatic nitrogens is 1. The van der Waals surface area contributed by atoms with Gasteiger partial charge in [-0.15, -0.1) is 0 Å². The Morgan fingerprint density at radius 3 is 2.55 bits per heavy atom. The molecule has 0 bridgehead atoms. The van der Waals surface area contributed by atoms with E-state index < -0.39 is 0 Å². The molecule has 0 N–H and O–H groups in total. The van der Waals surface area contributed by atoms with Crippen LogP contribution in [-0.4, -0.2) is 28.9 Å². The summed E-state index contributed by atoms with van der Waals surface area (Å²) in [6.45, 7) is 3.41. The Morgan fingerprint density at radius 2 is 1.95 bits per heavy atom. The third-order valence-electron chi connectivity index (χ3n) is 3.16. The molecular formula is C16H17BrN2O. The molecule has 104 valence electrons. The maximum Gasteiger partial charge on any atom is 0.255 e. The first-order chi connectivity index (χ1) is 9.70. The van der Waals surface area contributed by atoms with E-state index in [1.807, 2.05) is 30.0 Å². The van der Waals surface area contributed by atoms with Gasteiger partial charge in [0.1, 0.15) is 4.60 Å². The van der Waals surface area contributed by atoms with Crippen molar-refractivity contribution in [3.63, 3.8) is 0 Å². The number of likely N-dealkylation sites (N-methyl/N-ethyl adjacent to an activating group) is 1. The SMILES string of the molecule is CCN(CCc1ccccc1)C(=O)c1ccc(Br)nc1. The zero-order valence-corrected chi connectivity index (χ0v) is 13.0. The molecule has 0 aliphatic rings. The molecule has 1 heterocycles. The molecule has 0 fully saturated rings. The third kappa shape index (κ3) is 3.90. The van der Waals surface area contributed by atoms with E-state index in [9.17, 15) is 4.79 Å². The van der Waals surface area contributed by atoms with Gasteiger partial charge in [-0.2, -0.15) is 0 Å². The first kappa shape index (κ1) is 14.7. The lowest BCUT2D eigenvalue weighted by atomic mass is 10.1. The Bertz CT molecular complexity index is 554. The highest BCUT2D eigenvalue weighted by atomic mass is 79.9. The van der Waals surface area contributed by atoms with Crippen LogP contribution < -0.4 is 0 Å². The average Bonchev–Trinajstić information content (AvgIpc) is 2.49. The van der Waals surface area contributed by atoms with Gasteiger partial charge >= 0.3 is 0 Å². The monoisotopic (exact) mass is 332 g/mol. The molecule has 0 radical (unpaired) electrons. The maximum atomic E-state index is 12.4. The molecule has 1 aromatic heterocycles. The van der Waals surface area contributed by atoms with Gasteiger partial charge in [0, 0.05) is 19.3 Å². The van der Waals surface area contributed by atoms with Crippen molar-refractivity contribution in [2.75, 3.05) is 13.1 Å². The quantitative estimate of drug-likeness (QED) is 0.784. The van der Waals surface area contributed by atoms with Crippen molar-refractivity contribution in [3.05, 3.63) is 64.4 Å². The number of carbonyl (C=O) groups is 1. The summed E-state index contributed by atoms with van der Waals surface area (Å²) in [4.78, 5) is 18.3. The number of carbonyl (C=O) groups excluding carboxylic acids is 1. The fourth-order valence-corrected chi connectivity index (χ4v) is 2.23. The second kappa shape index (κ2) is 7.20. The maximum absolute atomic E-state index is 12.4. The van der Waals surface area contributed by atoms with E-state index in [1.165, 1.54) is 5.56 Å². The Hall–Kier alpha value is -1.68. The third-order valence-corrected chi connectivity index (χ3v) is 3.63. The van der Waals surface area contributed by atoms with Crippen molar-refractivity contribution in [3.8, 4) is 0 Å². The number of hydrogen-bond acceptors (Lipinski definition) is 2. The normalized spacial score (nSPS) is 10.3. The van der Waals surface area contributed by atoms with E-state index in [-0.39, 0.29) is 5.91 Å². The van der Waals surface area contributed by atoms with Gasteiger partial charge in [0.05, 0.1) is 5.56 Å². The Labute approximate surface area is 127 Å². The minimum Gasteiger partial charge on any atom is -0.339 e. The predicted molar refractivity (Wildman–Crippen MR) is 83.7 cm³/mol. The van der Waals surface area contributed by atoms with Crippen molar-refractivity contribution in [1.29, 1.82) is 0 Å². The second-order valence-electron chi connectivity index (χ2n) is 4.49. The molecule has 0 unspecified atom stereocenters. The molecule has 20 heavy (non-hydrogen) atoms. The van der Waals surface area contributed by atoms with Crippen molar-refractivity contribution in [2.45, 2.75) is 13.3 Å². The first-order valence-corrected chi connectivity index (χ1v) is 7.44. The summed E-state index contributed by atoms with van der Waals surface area (Å²) in [7, 11) is 0. The minimum atomic E-state index is 0.0310. The summed E-state index contributed by atoms with van der Waals surface area (Å²) in [5.41, 5.74) is 1.87. The number of halogens is 1. The summed E-state index contributed by atoms with van der Waals surface area (Å²) in [5.74, 6) is 0.0310. The van der Waals surface area contributed by atoms with Gasteiger partial charge in [0.15, 0.2) is 0 Å². The summed E-state index contributed by atoms with van der Waals surface area (Å²) < 4.78 is 0.737. The summed E-state index contributed by atoms with van der Waals surface area (Å²) in [6.07, 6.45) is 2.47. The van der Waals surface area contributed by atoms with Crippen molar-refractivity contribution in [1.82, 2.24) is 9.88 Å². The van der Waals surface area contributed by atoms with Crippen LogP contribution in [0.15, 0.2) is 53.3 Å². The van der Waals surface area contributed by atoms with E-state index in [0.717, 1.165) is 17.6 Å². The van der Waals surface area contributed by atoms with Crippen LogP contribution in [0.3, 0.4) is 0 Å². The van der Waals surface area contributed by atoms with Crippen LogP contribution in [0.25, 0.3) is 0 Å². The van der Waals surface area contributed by atoms with Gasteiger partial charge < -0.3 is 4.90 Å². The van der Waals surface area contributed by atoms with Gasteiger partial charge in [0.2, 0.25) is 0 Å².